The fourth-order valence-corrected chi connectivity index (χ4v) is 3.89. The van der Waals surface area contributed by atoms with Crippen LogP contribution >= 0.6 is 11.8 Å². The molecule has 2 nitrogen and oxygen atoms in total. The van der Waals surface area contributed by atoms with Gasteiger partial charge in [0.05, 0.1) is 0 Å². The molecule has 1 aromatic carbocycles. The molecule has 0 spiro atoms. The Labute approximate surface area is 127 Å². The van der Waals surface area contributed by atoms with Gasteiger partial charge in [-0.3, -0.25) is 0 Å². The molecule has 2 aliphatic rings. The maximum Gasteiger partial charge on any atom is 0.0108 e. The van der Waals surface area contributed by atoms with Crippen molar-refractivity contribution in [3.05, 3.63) is 30.3 Å². The van der Waals surface area contributed by atoms with Crippen LogP contribution in [0.3, 0.4) is 0 Å². The molecule has 0 aromatic heterocycles. The van der Waals surface area contributed by atoms with Gasteiger partial charge in [0.1, 0.15) is 0 Å². The topological polar surface area (TPSA) is 15.3 Å². The number of hydrogen-bond donors (Lipinski definition) is 1. The first kappa shape index (κ1) is 14.4. The molecule has 1 atom stereocenters. The number of rotatable bonds is 7. The van der Waals surface area contributed by atoms with E-state index in [4.69, 9.17) is 0 Å². The summed E-state index contributed by atoms with van der Waals surface area (Å²) in [6.07, 6.45) is 5.61. The summed E-state index contributed by atoms with van der Waals surface area (Å²) >= 11 is 1.99. The van der Waals surface area contributed by atoms with Gasteiger partial charge in [-0.2, -0.15) is 0 Å². The molecular formula is C17H26N2S. The van der Waals surface area contributed by atoms with Crippen molar-refractivity contribution < 1.29 is 0 Å². The second-order valence-electron chi connectivity index (χ2n) is 6.15. The predicted octanol–water partition coefficient (Wildman–Crippen LogP) is 3.24. The molecule has 1 heterocycles. The van der Waals surface area contributed by atoms with Crippen molar-refractivity contribution in [2.75, 3.05) is 31.9 Å². The highest BCUT2D eigenvalue weighted by Crippen LogP contribution is 2.22. The Kier molecular flexibility index (Phi) is 5.40. The lowest BCUT2D eigenvalue weighted by molar-refractivity contribution is 0.181. The van der Waals surface area contributed by atoms with Gasteiger partial charge in [0.2, 0.25) is 0 Å². The first-order chi connectivity index (χ1) is 9.90. The van der Waals surface area contributed by atoms with Crippen LogP contribution in [0.4, 0.5) is 0 Å². The van der Waals surface area contributed by atoms with E-state index in [0.29, 0.717) is 0 Å². The summed E-state index contributed by atoms with van der Waals surface area (Å²) in [5.74, 6) is 2.10. The number of benzene rings is 1. The van der Waals surface area contributed by atoms with E-state index in [1.807, 2.05) is 11.8 Å². The largest absolute Gasteiger partial charge is 0.314 e. The molecule has 110 valence electrons. The molecule has 1 aliphatic heterocycles. The van der Waals surface area contributed by atoms with Crippen LogP contribution in [-0.4, -0.2) is 42.9 Å². The van der Waals surface area contributed by atoms with E-state index in [-0.39, 0.29) is 0 Å². The fraction of sp³-hybridized carbons (Fsp3) is 0.647. The summed E-state index contributed by atoms with van der Waals surface area (Å²) in [6, 6.07) is 11.6. The Morgan fingerprint density at radius 2 is 2.00 bits per heavy atom. The number of nitrogens with zero attached hydrogens (tertiary/aromatic N) is 1. The molecule has 0 radical (unpaired) electrons. The quantitative estimate of drug-likeness (QED) is 0.776. The average Bonchev–Trinajstić information content (AvgIpc) is 3.31. The zero-order chi connectivity index (χ0) is 13.6. The number of thioether (sulfide) groups is 1. The Balaban J connectivity index is 1.34. The van der Waals surface area contributed by atoms with Crippen molar-refractivity contribution in [3.8, 4) is 0 Å². The minimum atomic E-state index is 0.860. The number of likely N-dealkylation sites (tertiary alicyclic amines) is 1. The molecule has 1 aromatic rings. The molecular weight excluding hydrogens is 264 g/mol. The standard InChI is InChI=1S/C17H26N2S/c1-2-6-17(7-3-1)20-12-11-19-10-4-5-15(14-19)13-18-16-8-9-16/h1-3,6-7,15-16,18H,4-5,8-14H2. The van der Waals surface area contributed by atoms with Crippen molar-refractivity contribution in [2.24, 2.45) is 5.92 Å². The molecule has 1 saturated carbocycles. The molecule has 1 N–H and O–H groups in total. The van der Waals surface area contributed by atoms with Crippen LogP contribution in [0.2, 0.25) is 0 Å². The Bertz CT molecular complexity index is 391. The summed E-state index contributed by atoms with van der Waals surface area (Å²) in [6.45, 7) is 5.08. The summed E-state index contributed by atoms with van der Waals surface area (Å²) in [4.78, 5) is 4.06. The molecule has 1 aliphatic carbocycles. The normalized spacial score (nSPS) is 23.9. The van der Waals surface area contributed by atoms with E-state index < -0.39 is 0 Å². The summed E-state index contributed by atoms with van der Waals surface area (Å²) in [7, 11) is 0. The van der Waals surface area contributed by atoms with E-state index >= 15 is 0 Å². The molecule has 0 amide bonds. The monoisotopic (exact) mass is 290 g/mol. The van der Waals surface area contributed by atoms with Crippen LogP contribution in [0.1, 0.15) is 25.7 Å². The number of piperidine rings is 1. The lowest BCUT2D eigenvalue weighted by atomic mass is 9.98. The van der Waals surface area contributed by atoms with Gasteiger partial charge in [-0.15, -0.1) is 11.8 Å². The van der Waals surface area contributed by atoms with Gasteiger partial charge in [-0.05, 0) is 56.8 Å². The average molecular weight is 290 g/mol. The van der Waals surface area contributed by atoms with E-state index in [2.05, 4.69) is 40.5 Å². The van der Waals surface area contributed by atoms with Crippen LogP contribution in [0.15, 0.2) is 35.2 Å². The first-order valence-electron chi connectivity index (χ1n) is 8.04. The molecule has 3 heteroatoms. The van der Waals surface area contributed by atoms with E-state index in [1.54, 1.807) is 0 Å². The Hall–Kier alpha value is -0.510. The molecule has 3 rings (SSSR count). The Morgan fingerprint density at radius 3 is 2.80 bits per heavy atom. The van der Waals surface area contributed by atoms with Gasteiger partial charge < -0.3 is 10.2 Å². The SMILES string of the molecule is c1ccc(SCCN2CCCC(CNC3CC3)C2)cc1. The number of hydrogen-bond acceptors (Lipinski definition) is 3. The Morgan fingerprint density at radius 1 is 1.15 bits per heavy atom. The van der Waals surface area contributed by atoms with Crippen LogP contribution in [0.5, 0.6) is 0 Å². The summed E-state index contributed by atoms with van der Waals surface area (Å²) < 4.78 is 0. The summed E-state index contributed by atoms with van der Waals surface area (Å²) in [5, 5.41) is 3.70. The third kappa shape index (κ3) is 4.80. The van der Waals surface area contributed by atoms with Gasteiger partial charge in [0, 0.05) is 29.8 Å². The van der Waals surface area contributed by atoms with Crippen LogP contribution in [-0.2, 0) is 0 Å². The smallest absolute Gasteiger partial charge is 0.0108 e. The molecule has 1 unspecified atom stereocenters. The van der Waals surface area contributed by atoms with Crippen molar-refractivity contribution in [1.82, 2.24) is 10.2 Å². The molecule has 0 bridgehead atoms. The van der Waals surface area contributed by atoms with Crippen molar-refractivity contribution in [2.45, 2.75) is 36.6 Å². The molecule has 1 saturated heterocycles. The second kappa shape index (κ2) is 7.48. The maximum absolute atomic E-state index is 3.70. The zero-order valence-electron chi connectivity index (χ0n) is 12.3. The van der Waals surface area contributed by atoms with Crippen molar-refractivity contribution in [1.29, 1.82) is 0 Å². The van der Waals surface area contributed by atoms with Gasteiger partial charge in [0.15, 0.2) is 0 Å². The second-order valence-corrected chi connectivity index (χ2v) is 7.32. The lowest BCUT2D eigenvalue weighted by Crippen LogP contribution is -2.40. The highest BCUT2D eigenvalue weighted by atomic mass is 32.2. The van der Waals surface area contributed by atoms with Crippen LogP contribution in [0.25, 0.3) is 0 Å². The minimum absolute atomic E-state index is 0.860. The van der Waals surface area contributed by atoms with Crippen molar-refractivity contribution in [3.63, 3.8) is 0 Å². The third-order valence-corrected chi connectivity index (χ3v) is 5.29. The first-order valence-corrected chi connectivity index (χ1v) is 9.02. The van der Waals surface area contributed by atoms with Gasteiger partial charge in [-0.1, -0.05) is 18.2 Å². The maximum atomic E-state index is 3.70. The van der Waals surface area contributed by atoms with Gasteiger partial charge in [-0.25, -0.2) is 0 Å². The van der Waals surface area contributed by atoms with E-state index in [0.717, 1.165) is 12.0 Å². The van der Waals surface area contributed by atoms with Crippen LogP contribution < -0.4 is 5.32 Å². The highest BCUT2D eigenvalue weighted by molar-refractivity contribution is 7.99. The molecule has 20 heavy (non-hydrogen) atoms. The molecule has 2 fully saturated rings. The van der Waals surface area contributed by atoms with Gasteiger partial charge in [0.25, 0.3) is 0 Å². The van der Waals surface area contributed by atoms with E-state index in [1.165, 1.54) is 62.5 Å². The minimum Gasteiger partial charge on any atom is -0.314 e. The van der Waals surface area contributed by atoms with Gasteiger partial charge >= 0.3 is 0 Å². The highest BCUT2D eigenvalue weighted by Gasteiger charge is 2.24. The summed E-state index contributed by atoms with van der Waals surface area (Å²) in [5.41, 5.74) is 0. The van der Waals surface area contributed by atoms with E-state index in [9.17, 15) is 0 Å². The third-order valence-electron chi connectivity index (χ3n) is 4.30. The number of nitrogens with one attached hydrogen (secondary N) is 1. The predicted molar refractivity (Wildman–Crippen MR) is 87.4 cm³/mol. The zero-order valence-corrected chi connectivity index (χ0v) is 13.1. The van der Waals surface area contributed by atoms with Crippen LogP contribution in [0, 0.1) is 5.92 Å². The van der Waals surface area contributed by atoms with Crippen molar-refractivity contribution >= 4 is 11.8 Å². The fourth-order valence-electron chi connectivity index (χ4n) is 2.95. The lowest BCUT2D eigenvalue weighted by Gasteiger charge is -2.32.